The number of fused-ring (bicyclic) bond motifs is 1. The monoisotopic (exact) mass is 450 g/mol. The van der Waals surface area contributed by atoms with Crippen molar-refractivity contribution in [2.24, 2.45) is 5.92 Å². The molecule has 0 aromatic carbocycles. The molecular formula is C24H36F2N4O2. The highest BCUT2D eigenvalue weighted by Crippen LogP contribution is 2.45. The van der Waals surface area contributed by atoms with E-state index in [-0.39, 0.29) is 18.1 Å². The molecule has 32 heavy (non-hydrogen) atoms. The van der Waals surface area contributed by atoms with E-state index in [0.29, 0.717) is 25.3 Å². The van der Waals surface area contributed by atoms with Crippen LogP contribution in [0, 0.1) is 5.92 Å². The number of hydrogen-bond donors (Lipinski definition) is 2. The van der Waals surface area contributed by atoms with Crippen molar-refractivity contribution in [1.82, 2.24) is 9.97 Å². The van der Waals surface area contributed by atoms with Gasteiger partial charge in [0.2, 0.25) is 5.95 Å². The van der Waals surface area contributed by atoms with E-state index < -0.39 is 11.8 Å². The van der Waals surface area contributed by atoms with Gasteiger partial charge in [0.05, 0.1) is 17.4 Å². The predicted molar refractivity (Wildman–Crippen MR) is 119 cm³/mol. The summed E-state index contributed by atoms with van der Waals surface area (Å²) in [7, 11) is 0. The Kier molecular flexibility index (Phi) is 6.52. The Morgan fingerprint density at radius 2 is 1.78 bits per heavy atom. The molecule has 2 N–H and O–H groups in total. The Morgan fingerprint density at radius 1 is 0.938 bits per heavy atom. The molecule has 1 aromatic rings. The Hall–Kier alpha value is -1.54. The number of rotatable bonds is 7. The molecule has 4 aliphatic rings. The van der Waals surface area contributed by atoms with Crippen LogP contribution < -0.4 is 10.6 Å². The quantitative estimate of drug-likeness (QED) is 0.585. The SMILES string of the molecule is FC1(F)CCC1CCNc1nc2c(c(NCC3CCC4(CCOCC4)O3)n1)CCCCC2. The van der Waals surface area contributed by atoms with E-state index in [9.17, 15) is 8.78 Å². The Morgan fingerprint density at radius 3 is 2.56 bits per heavy atom. The molecule has 2 unspecified atom stereocenters. The minimum absolute atomic E-state index is 0.00345. The van der Waals surface area contributed by atoms with Crippen molar-refractivity contribution in [2.75, 3.05) is 36.9 Å². The molecule has 178 valence electrons. The van der Waals surface area contributed by atoms with Gasteiger partial charge in [-0.1, -0.05) is 6.42 Å². The Balaban J connectivity index is 1.23. The number of hydrogen-bond acceptors (Lipinski definition) is 6. The second-order valence-corrected chi connectivity index (χ2v) is 10.0. The van der Waals surface area contributed by atoms with Crippen LogP contribution in [0.3, 0.4) is 0 Å². The number of nitrogens with one attached hydrogen (secondary N) is 2. The highest BCUT2D eigenvalue weighted by atomic mass is 19.3. The molecule has 5 rings (SSSR count). The molecule has 6 nitrogen and oxygen atoms in total. The minimum atomic E-state index is -2.49. The van der Waals surface area contributed by atoms with Crippen molar-refractivity contribution >= 4 is 11.8 Å². The summed E-state index contributed by atoms with van der Waals surface area (Å²) in [6, 6.07) is 0. The molecule has 3 fully saturated rings. The van der Waals surface area contributed by atoms with Crippen LogP contribution in [-0.2, 0) is 22.3 Å². The third-order valence-electron chi connectivity index (χ3n) is 7.87. The van der Waals surface area contributed by atoms with Crippen LogP contribution in [-0.4, -0.2) is 53.9 Å². The van der Waals surface area contributed by atoms with Gasteiger partial charge < -0.3 is 20.1 Å². The maximum Gasteiger partial charge on any atom is 0.251 e. The number of ether oxygens (including phenoxy) is 2. The van der Waals surface area contributed by atoms with Crippen LogP contribution in [0.25, 0.3) is 0 Å². The summed E-state index contributed by atoms with van der Waals surface area (Å²) in [5, 5.41) is 6.80. The summed E-state index contributed by atoms with van der Waals surface area (Å²) in [6.07, 6.45) is 10.8. The van der Waals surface area contributed by atoms with E-state index in [1.165, 1.54) is 12.0 Å². The van der Waals surface area contributed by atoms with E-state index in [1.807, 2.05) is 0 Å². The average Bonchev–Trinajstić information content (AvgIpc) is 3.01. The second kappa shape index (κ2) is 9.37. The van der Waals surface area contributed by atoms with Crippen molar-refractivity contribution in [3.63, 3.8) is 0 Å². The van der Waals surface area contributed by atoms with Gasteiger partial charge in [-0.3, -0.25) is 0 Å². The number of aromatic nitrogens is 2. The van der Waals surface area contributed by atoms with Crippen molar-refractivity contribution < 1.29 is 18.3 Å². The molecule has 1 saturated carbocycles. The average molecular weight is 451 g/mol. The normalized spacial score (nSPS) is 28.6. The molecule has 0 bridgehead atoms. The Bertz CT molecular complexity index is 800. The first-order valence-electron chi connectivity index (χ1n) is 12.5. The van der Waals surface area contributed by atoms with E-state index in [2.05, 4.69) is 10.6 Å². The number of aryl methyl sites for hydroxylation is 1. The molecule has 0 amide bonds. The van der Waals surface area contributed by atoms with Crippen LogP contribution >= 0.6 is 0 Å². The molecule has 2 aliphatic carbocycles. The van der Waals surface area contributed by atoms with Crippen LogP contribution in [0.5, 0.6) is 0 Å². The van der Waals surface area contributed by atoms with Gasteiger partial charge in [0, 0.05) is 44.2 Å². The third-order valence-corrected chi connectivity index (χ3v) is 7.87. The lowest BCUT2D eigenvalue weighted by molar-refractivity contribution is -0.133. The summed E-state index contributed by atoms with van der Waals surface area (Å²) in [5.74, 6) is -1.55. The molecule has 3 heterocycles. The summed E-state index contributed by atoms with van der Waals surface area (Å²) >= 11 is 0. The molecule has 8 heteroatoms. The zero-order valence-electron chi connectivity index (χ0n) is 18.9. The first-order valence-corrected chi connectivity index (χ1v) is 12.5. The maximum absolute atomic E-state index is 13.6. The van der Waals surface area contributed by atoms with Gasteiger partial charge in [0.1, 0.15) is 5.82 Å². The standard InChI is InChI=1S/C24H36F2N4O2/c25-24(26)10-6-17(24)8-13-27-22-29-20-5-3-1-2-4-19(20)21(30-22)28-16-18-7-9-23(32-18)11-14-31-15-12-23/h17-18H,1-16H2,(H2,27,28,29,30). The van der Waals surface area contributed by atoms with Crippen LogP contribution in [0.4, 0.5) is 20.5 Å². The molecule has 1 aromatic heterocycles. The lowest BCUT2D eigenvalue weighted by Gasteiger charge is -2.36. The van der Waals surface area contributed by atoms with Gasteiger partial charge in [-0.25, -0.2) is 13.8 Å². The van der Waals surface area contributed by atoms with Crippen molar-refractivity contribution in [1.29, 1.82) is 0 Å². The number of alkyl halides is 2. The van der Waals surface area contributed by atoms with Crippen LogP contribution in [0.2, 0.25) is 0 Å². The molecular weight excluding hydrogens is 414 g/mol. The summed E-state index contributed by atoms with van der Waals surface area (Å²) in [6.45, 7) is 2.80. The van der Waals surface area contributed by atoms with Crippen molar-refractivity contribution in [3.8, 4) is 0 Å². The van der Waals surface area contributed by atoms with Crippen LogP contribution in [0.1, 0.15) is 75.5 Å². The first kappa shape index (κ1) is 22.3. The number of nitrogens with zero attached hydrogens (tertiary/aromatic N) is 2. The van der Waals surface area contributed by atoms with Crippen molar-refractivity contribution in [2.45, 2.75) is 94.7 Å². The summed E-state index contributed by atoms with van der Waals surface area (Å²) < 4.78 is 39.1. The second-order valence-electron chi connectivity index (χ2n) is 10.0. The van der Waals surface area contributed by atoms with Gasteiger partial charge >= 0.3 is 0 Å². The number of anilines is 2. The molecule has 1 spiro atoms. The van der Waals surface area contributed by atoms with Crippen molar-refractivity contribution in [3.05, 3.63) is 11.3 Å². The largest absolute Gasteiger partial charge is 0.381 e. The molecule has 2 atom stereocenters. The topological polar surface area (TPSA) is 68.3 Å². The third kappa shape index (κ3) is 4.86. The van der Waals surface area contributed by atoms with Gasteiger partial charge in [-0.05, 0) is 64.2 Å². The first-order chi connectivity index (χ1) is 15.5. The molecule has 2 aliphatic heterocycles. The zero-order chi connectivity index (χ0) is 22.0. The molecule has 2 saturated heterocycles. The summed E-state index contributed by atoms with van der Waals surface area (Å²) in [4.78, 5) is 9.54. The minimum Gasteiger partial charge on any atom is -0.381 e. The van der Waals surface area contributed by atoms with Gasteiger partial charge in [0.15, 0.2) is 0 Å². The van der Waals surface area contributed by atoms with Gasteiger partial charge in [0.25, 0.3) is 5.92 Å². The zero-order valence-corrected chi connectivity index (χ0v) is 18.9. The van der Waals surface area contributed by atoms with E-state index in [4.69, 9.17) is 19.4 Å². The maximum atomic E-state index is 13.6. The fourth-order valence-electron chi connectivity index (χ4n) is 5.64. The predicted octanol–water partition coefficient (Wildman–Crippen LogP) is 4.73. The number of halogens is 2. The summed E-state index contributed by atoms with van der Waals surface area (Å²) in [5.41, 5.74) is 2.32. The Labute approximate surface area is 189 Å². The fourth-order valence-corrected chi connectivity index (χ4v) is 5.64. The molecule has 0 radical (unpaired) electrons. The fraction of sp³-hybridized carbons (Fsp3) is 0.833. The van der Waals surface area contributed by atoms with Gasteiger partial charge in [-0.2, -0.15) is 4.98 Å². The van der Waals surface area contributed by atoms with Gasteiger partial charge in [-0.15, -0.1) is 0 Å². The lowest BCUT2D eigenvalue weighted by Crippen LogP contribution is -2.39. The highest BCUT2D eigenvalue weighted by Gasteiger charge is 2.47. The highest BCUT2D eigenvalue weighted by molar-refractivity contribution is 5.51. The van der Waals surface area contributed by atoms with E-state index >= 15 is 0 Å². The smallest absolute Gasteiger partial charge is 0.251 e. The lowest BCUT2D eigenvalue weighted by atomic mass is 9.78. The van der Waals surface area contributed by atoms with E-state index in [0.717, 1.165) is 82.6 Å². The van der Waals surface area contributed by atoms with Crippen LogP contribution in [0.15, 0.2) is 0 Å². The van der Waals surface area contributed by atoms with E-state index in [1.54, 1.807) is 0 Å².